The molecule has 1 fully saturated rings. The predicted octanol–water partition coefficient (Wildman–Crippen LogP) is 0.353. The van der Waals surface area contributed by atoms with Gasteiger partial charge in [0.25, 0.3) is 0 Å². The van der Waals surface area contributed by atoms with Crippen molar-refractivity contribution in [3.8, 4) is 28.4 Å². The molecular formula is C22H22O10. The van der Waals surface area contributed by atoms with E-state index in [1.165, 1.54) is 37.6 Å². The van der Waals surface area contributed by atoms with Crippen molar-refractivity contribution in [3.05, 3.63) is 52.9 Å². The second kappa shape index (κ2) is 8.77. The Kier molecular flexibility index (Phi) is 6.04. The number of hydrogen-bond acceptors (Lipinski definition) is 10. The van der Waals surface area contributed by atoms with E-state index in [-0.39, 0.29) is 39.2 Å². The van der Waals surface area contributed by atoms with E-state index in [2.05, 4.69) is 0 Å². The first-order valence-electron chi connectivity index (χ1n) is 9.74. The number of methoxy groups -OCH3 is 1. The second-order valence-electron chi connectivity index (χ2n) is 7.34. The van der Waals surface area contributed by atoms with Crippen molar-refractivity contribution in [3.63, 3.8) is 0 Å². The van der Waals surface area contributed by atoms with Crippen LogP contribution in [-0.2, 0) is 4.74 Å². The van der Waals surface area contributed by atoms with Gasteiger partial charge in [0.15, 0.2) is 0 Å². The molecule has 5 atom stereocenters. The Hall–Kier alpha value is -3.15. The van der Waals surface area contributed by atoms with E-state index >= 15 is 0 Å². The Labute approximate surface area is 181 Å². The van der Waals surface area contributed by atoms with Crippen molar-refractivity contribution in [2.24, 2.45) is 0 Å². The van der Waals surface area contributed by atoms with Crippen molar-refractivity contribution in [1.29, 1.82) is 0 Å². The van der Waals surface area contributed by atoms with Gasteiger partial charge in [0.2, 0.25) is 11.7 Å². The number of phenols is 1. The van der Waals surface area contributed by atoms with Gasteiger partial charge in [-0.25, -0.2) is 0 Å². The van der Waals surface area contributed by atoms with Crippen LogP contribution in [0.5, 0.6) is 17.2 Å². The molecule has 0 saturated carbocycles. The lowest BCUT2D eigenvalue weighted by atomic mass is 9.99. The van der Waals surface area contributed by atoms with Crippen LogP contribution < -0.4 is 14.9 Å². The molecule has 4 rings (SSSR count). The minimum absolute atomic E-state index is 0.0616. The molecule has 1 aliphatic heterocycles. The molecule has 170 valence electrons. The molecular weight excluding hydrogens is 424 g/mol. The molecule has 5 N–H and O–H groups in total. The first-order chi connectivity index (χ1) is 15.3. The lowest BCUT2D eigenvalue weighted by Crippen LogP contribution is -2.60. The standard InChI is InChI=1S/C22H22O10/c1-29-14-6-12(31-22-21(28)20(27)19(26)16(8-23)32-22)7-15-17(14)18(25)13(9-30-15)10-2-4-11(24)5-3-10/h2-7,9,16,19-24,26-28H,8H2,1H3/t16-,19-,20+,21-,22+/m1/s1. The Balaban J connectivity index is 1.71. The van der Waals surface area contributed by atoms with Crippen LogP contribution in [0.2, 0.25) is 0 Å². The molecule has 0 radical (unpaired) electrons. The molecule has 0 bridgehead atoms. The van der Waals surface area contributed by atoms with E-state index in [1.807, 2.05) is 0 Å². The average molecular weight is 446 g/mol. The summed E-state index contributed by atoms with van der Waals surface area (Å²) in [5.41, 5.74) is 0.574. The average Bonchev–Trinajstić information content (AvgIpc) is 2.80. The Morgan fingerprint density at radius 2 is 1.75 bits per heavy atom. The highest BCUT2D eigenvalue weighted by atomic mass is 16.7. The summed E-state index contributed by atoms with van der Waals surface area (Å²) in [6.45, 7) is -0.596. The van der Waals surface area contributed by atoms with E-state index in [1.54, 1.807) is 12.1 Å². The summed E-state index contributed by atoms with van der Waals surface area (Å²) >= 11 is 0. The summed E-state index contributed by atoms with van der Waals surface area (Å²) in [6, 6.07) is 8.84. The van der Waals surface area contributed by atoms with Crippen LogP contribution in [0.25, 0.3) is 22.1 Å². The summed E-state index contributed by atoms with van der Waals surface area (Å²) in [7, 11) is 1.36. The Bertz CT molecular complexity index is 1150. The Morgan fingerprint density at radius 3 is 2.41 bits per heavy atom. The van der Waals surface area contributed by atoms with Gasteiger partial charge in [-0.2, -0.15) is 0 Å². The van der Waals surface area contributed by atoms with Gasteiger partial charge in [-0.15, -0.1) is 0 Å². The summed E-state index contributed by atoms with van der Waals surface area (Å²) in [6.07, 6.45) is -5.98. The van der Waals surface area contributed by atoms with Gasteiger partial charge < -0.3 is 44.2 Å². The summed E-state index contributed by atoms with van der Waals surface area (Å²) in [4.78, 5) is 13.1. The normalized spacial score (nSPS) is 25.6. The molecule has 0 unspecified atom stereocenters. The topological polar surface area (TPSA) is 159 Å². The molecule has 1 saturated heterocycles. The summed E-state index contributed by atoms with van der Waals surface area (Å²) in [5.74, 6) is 0.294. The molecule has 0 amide bonds. The number of benzene rings is 2. The highest BCUT2D eigenvalue weighted by Gasteiger charge is 2.44. The van der Waals surface area contributed by atoms with Crippen LogP contribution in [0.4, 0.5) is 0 Å². The molecule has 0 aliphatic carbocycles. The van der Waals surface area contributed by atoms with E-state index in [0.29, 0.717) is 5.56 Å². The van der Waals surface area contributed by atoms with E-state index in [0.717, 1.165) is 0 Å². The van der Waals surface area contributed by atoms with Crippen molar-refractivity contribution >= 4 is 11.0 Å². The van der Waals surface area contributed by atoms with Crippen LogP contribution in [-0.4, -0.2) is 70.0 Å². The molecule has 3 aromatic rings. The zero-order chi connectivity index (χ0) is 23.0. The predicted molar refractivity (Wildman–Crippen MR) is 111 cm³/mol. The van der Waals surface area contributed by atoms with Crippen molar-refractivity contribution in [1.82, 2.24) is 0 Å². The minimum atomic E-state index is -1.60. The minimum Gasteiger partial charge on any atom is -0.508 e. The fourth-order valence-electron chi connectivity index (χ4n) is 3.56. The SMILES string of the molecule is COc1cc(O[C@H]2O[C@H](CO)[C@@H](O)[C@H](O)[C@H]2O)cc2occ(-c3ccc(O)cc3)c(=O)c12. The molecule has 2 heterocycles. The maximum Gasteiger partial charge on any atom is 0.229 e. The van der Waals surface area contributed by atoms with Crippen molar-refractivity contribution in [2.45, 2.75) is 30.7 Å². The number of fused-ring (bicyclic) bond motifs is 1. The molecule has 0 spiro atoms. The number of phenolic OH excluding ortho intramolecular Hbond substituents is 1. The first kappa shape index (κ1) is 22.1. The van der Waals surface area contributed by atoms with Gasteiger partial charge in [-0.1, -0.05) is 12.1 Å². The highest BCUT2D eigenvalue weighted by molar-refractivity contribution is 5.88. The smallest absolute Gasteiger partial charge is 0.229 e. The van der Waals surface area contributed by atoms with Crippen LogP contribution in [0, 0.1) is 0 Å². The lowest BCUT2D eigenvalue weighted by Gasteiger charge is -2.39. The van der Waals surface area contributed by atoms with Gasteiger partial charge in [0.1, 0.15) is 58.9 Å². The van der Waals surface area contributed by atoms with Gasteiger partial charge in [0, 0.05) is 12.1 Å². The number of aliphatic hydroxyl groups is 4. The van der Waals surface area contributed by atoms with E-state index in [9.17, 15) is 30.3 Å². The third-order valence-corrected chi connectivity index (χ3v) is 5.31. The van der Waals surface area contributed by atoms with Crippen LogP contribution in [0.3, 0.4) is 0 Å². The second-order valence-corrected chi connectivity index (χ2v) is 7.34. The third kappa shape index (κ3) is 3.90. The molecule has 32 heavy (non-hydrogen) atoms. The van der Waals surface area contributed by atoms with Crippen LogP contribution in [0.15, 0.2) is 51.9 Å². The fourth-order valence-corrected chi connectivity index (χ4v) is 3.56. The summed E-state index contributed by atoms with van der Waals surface area (Å²) < 4.78 is 21.9. The van der Waals surface area contributed by atoms with E-state index in [4.69, 9.17) is 18.6 Å². The quantitative estimate of drug-likeness (QED) is 0.370. The first-order valence-corrected chi connectivity index (χ1v) is 9.74. The molecule has 10 heteroatoms. The van der Waals surface area contributed by atoms with Gasteiger partial charge >= 0.3 is 0 Å². The molecule has 2 aromatic carbocycles. The van der Waals surface area contributed by atoms with Gasteiger partial charge in [0.05, 0.1) is 19.3 Å². The van der Waals surface area contributed by atoms with Crippen LogP contribution in [0.1, 0.15) is 0 Å². The number of aromatic hydroxyl groups is 1. The number of ether oxygens (including phenoxy) is 3. The monoisotopic (exact) mass is 446 g/mol. The maximum atomic E-state index is 13.1. The molecule has 1 aliphatic rings. The number of rotatable bonds is 5. The molecule has 10 nitrogen and oxygen atoms in total. The zero-order valence-corrected chi connectivity index (χ0v) is 16.9. The van der Waals surface area contributed by atoms with Gasteiger partial charge in [-0.05, 0) is 17.7 Å². The highest BCUT2D eigenvalue weighted by Crippen LogP contribution is 2.33. The number of aliphatic hydroxyl groups excluding tert-OH is 4. The van der Waals surface area contributed by atoms with Gasteiger partial charge in [-0.3, -0.25) is 4.79 Å². The third-order valence-electron chi connectivity index (χ3n) is 5.31. The molecule has 1 aromatic heterocycles. The number of hydrogen-bond donors (Lipinski definition) is 5. The zero-order valence-electron chi connectivity index (χ0n) is 16.9. The lowest BCUT2D eigenvalue weighted by molar-refractivity contribution is -0.277. The van der Waals surface area contributed by atoms with Crippen molar-refractivity contribution in [2.75, 3.05) is 13.7 Å². The maximum absolute atomic E-state index is 13.1. The van der Waals surface area contributed by atoms with Crippen LogP contribution >= 0.6 is 0 Å². The Morgan fingerprint density at radius 1 is 1.03 bits per heavy atom. The fraction of sp³-hybridized carbons (Fsp3) is 0.318. The largest absolute Gasteiger partial charge is 0.508 e. The van der Waals surface area contributed by atoms with E-state index < -0.39 is 37.3 Å². The van der Waals surface area contributed by atoms with Crippen molar-refractivity contribution < 1.29 is 44.2 Å². The summed E-state index contributed by atoms with van der Waals surface area (Å²) in [5, 5.41) is 49.0.